The molecule has 2 aromatic rings. The summed E-state index contributed by atoms with van der Waals surface area (Å²) >= 11 is 1.17. The maximum absolute atomic E-state index is 12.3. The highest BCUT2D eigenvalue weighted by Gasteiger charge is 2.21. The lowest BCUT2D eigenvalue weighted by molar-refractivity contribution is 0.0520. The van der Waals surface area contributed by atoms with Crippen LogP contribution in [-0.2, 0) is 16.1 Å². The maximum atomic E-state index is 12.3. The van der Waals surface area contributed by atoms with Crippen molar-refractivity contribution in [3.8, 4) is 0 Å². The molecule has 0 aliphatic carbocycles. The third kappa shape index (κ3) is 4.66. The normalized spacial score (nSPS) is 10.0. The van der Waals surface area contributed by atoms with Crippen LogP contribution in [0.15, 0.2) is 48.4 Å². The van der Waals surface area contributed by atoms with Crippen molar-refractivity contribution < 1.29 is 19.1 Å². The number of anilines is 1. The molecule has 0 spiro atoms. The van der Waals surface area contributed by atoms with Crippen molar-refractivity contribution in [2.24, 2.45) is 0 Å². The lowest BCUT2D eigenvalue weighted by atomic mass is 10.2. The van der Waals surface area contributed by atoms with Gasteiger partial charge in [0.15, 0.2) is 10.8 Å². The van der Waals surface area contributed by atoms with Crippen molar-refractivity contribution in [1.82, 2.24) is 4.98 Å². The number of thiazole rings is 1. The van der Waals surface area contributed by atoms with Crippen molar-refractivity contribution in [3.05, 3.63) is 59.6 Å². The summed E-state index contributed by atoms with van der Waals surface area (Å²) in [5.41, 5.74) is 1.05. The van der Waals surface area contributed by atoms with E-state index < -0.39 is 12.1 Å². The van der Waals surface area contributed by atoms with E-state index in [1.807, 2.05) is 30.3 Å². The van der Waals surface area contributed by atoms with Gasteiger partial charge in [-0.15, -0.1) is 17.9 Å². The molecule has 0 bridgehead atoms. The smallest absolute Gasteiger partial charge is 0.416 e. The van der Waals surface area contributed by atoms with Crippen LogP contribution in [0.2, 0.25) is 0 Å². The van der Waals surface area contributed by atoms with Gasteiger partial charge in [0.05, 0.1) is 6.61 Å². The standard InChI is InChI=1S/C17H18N2O4S/c1-3-10-19(16-18-14(12-24-16)15(20)22-4-2)17(21)23-11-13-8-6-5-7-9-13/h3,5-9,12H,1,4,10-11H2,2H3. The first-order valence-electron chi connectivity index (χ1n) is 7.37. The average molecular weight is 346 g/mol. The van der Waals surface area contributed by atoms with Crippen LogP contribution in [0.1, 0.15) is 23.0 Å². The summed E-state index contributed by atoms with van der Waals surface area (Å²) < 4.78 is 10.2. The molecule has 1 heterocycles. The number of hydrogen-bond donors (Lipinski definition) is 0. The van der Waals surface area contributed by atoms with E-state index in [0.29, 0.717) is 5.13 Å². The van der Waals surface area contributed by atoms with Gasteiger partial charge in [0.2, 0.25) is 0 Å². The van der Waals surface area contributed by atoms with Gasteiger partial charge in [-0.3, -0.25) is 0 Å². The first-order valence-corrected chi connectivity index (χ1v) is 8.25. The number of aromatic nitrogens is 1. The third-order valence-corrected chi connectivity index (χ3v) is 3.81. The number of rotatable bonds is 7. The molecule has 126 valence electrons. The fraction of sp³-hybridized carbons (Fsp3) is 0.235. The van der Waals surface area contributed by atoms with Crippen LogP contribution in [0.5, 0.6) is 0 Å². The second kappa shape index (κ2) is 8.83. The number of hydrogen-bond acceptors (Lipinski definition) is 6. The van der Waals surface area contributed by atoms with Gasteiger partial charge in [0.1, 0.15) is 6.61 Å². The molecule has 0 aliphatic heterocycles. The Morgan fingerprint density at radius 2 is 2.04 bits per heavy atom. The van der Waals surface area contributed by atoms with Crippen LogP contribution in [-0.4, -0.2) is 30.2 Å². The Kier molecular flexibility index (Phi) is 6.51. The maximum Gasteiger partial charge on any atom is 0.416 e. The summed E-state index contributed by atoms with van der Waals surface area (Å²) in [4.78, 5) is 29.5. The quantitative estimate of drug-likeness (QED) is 0.565. The van der Waals surface area contributed by atoms with E-state index in [-0.39, 0.29) is 25.5 Å². The molecule has 0 saturated heterocycles. The molecule has 6 nitrogen and oxygen atoms in total. The minimum absolute atomic E-state index is 0.156. The van der Waals surface area contributed by atoms with Gasteiger partial charge in [-0.2, -0.15) is 0 Å². The number of benzene rings is 1. The summed E-state index contributed by atoms with van der Waals surface area (Å²) in [7, 11) is 0. The molecular formula is C17H18N2O4S. The Morgan fingerprint density at radius 1 is 1.29 bits per heavy atom. The number of esters is 1. The second-order valence-corrected chi connectivity index (χ2v) is 5.51. The first-order chi connectivity index (χ1) is 11.7. The van der Waals surface area contributed by atoms with Gasteiger partial charge in [-0.05, 0) is 12.5 Å². The predicted molar refractivity (Wildman–Crippen MR) is 92.2 cm³/mol. The van der Waals surface area contributed by atoms with E-state index in [0.717, 1.165) is 5.56 Å². The fourth-order valence-electron chi connectivity index (χ4n) is 1.84. The van der Waals surface area contributed by atoms with Gasteiger partial charge in [0, 0.05) is 11.9 Å². The Labute approximate surface area is 144 Å². The molecule has 1 aromatic heterocycles. The van der Waals surface area contributed by atoms with E-state index >= 15 is 0 Å². The van der Waals surface area contributed by atoms with Crippen LogP contribution in [0.4, 0.5) is 9.93 Å². The zero-order valence-electron chi connectivity index (χ0n) is 13.3. The Hall–Kier alpha value is -2.67. The van der Waals surface area contributed by atoms with Gasteiger partial charge < -0.3 is 9.47 Å². The highest BCUT2D eigenvalue weighted by molar-refractivity contribution is 7.14. The van der Waals surface area contributed by atoms with Crippen molar-refractivity contribution in [2.75, 3.05) is 18.1 Å². The Balaban J connectivity index is 2.06. The van der Waals surface area contributed by atoms with Crippen LogP contribution in [0.3, 0.4) is 0 Å². The summed E-state index contributed by atoms with van der Waals surface area (Å²) in [6.45, 7) is 6.00. The molecule has 7 heteroatoms. The second-order valence-electron chi connectivity index (χ2n) is 4.68. The molecule has 2 rings (SSSR count). The molecule has 0 N–H and O–H groups in total. The molecule has 0 radical (unpaired) electrons. The summed E-state index contributed by atoms with van der Waals surface area (Å²) in [5, 5.41) is 1.91. The third-order valence-electron chi connectivity index (χ3n) is 2.94. The molecule has 0 unspecified atom stereocenters. The molecule has 0 atom stereocenters. The molecule has 0 aliphatic rings. The van der Waals surface area contributed by atoms with E-state index in [2.05, 4.69) is 11.6 Å². The molecule has 1 amide bonds. The van der Waals surface area contributed by atoms with Crippen LogP contribution in [0, 0.1) is 0 Å². The van der Waals surface area contributed by atoms with Crippen molar-refractivity contribution in [2.45, 2.75) is 13.5 Å². The number of carbonyl (C=O) groups excluding carboxylic acids is 2. The summed E-state index contributed by atoms with van der Waals surface area (Å²) in [6, 6.07) is 9.37. The van der Waals surface area contributed by atoms with E-state index in [1.165, 1.54) is 16.2 Å². The highest BCUT2D eigenvalue weighted by atomic mass is 32.1. The fourth-order valence-corrected chi connectivity index (χ4v) is 2.64. The van der Waals surface area contributed by atoms with Gasteiger partial charge in [0.25, 0.3) is 0 Å². The van der Waals surface area contributed by atoms with Gasteiger partial charge in [-0.25, -0.2) is 19.5 Å². The zero-order valence-corrected chi connectivity index (χ0v) is 14.1. The predicted octanol–water partition coefficient (Wildman–Crippen LogP) is 3.65. The Bertz CT molecular complexity index is 700. The minimum Gasteiger partial charge on any atom is -0.461 e. The lowest BCUT2D eigenvalue weighted by Crippen LogP contribution is -2.31. The molecular weight excluding hydrogens is 328 g/mol. The average Bonchev–Trinajstić information content (AvgIpc) is 3.08. The number of carbonyl (C=O) groups is 2. The van der Waals surface area contributed by atoms with Crippen LogP contribution in [0.25, 0.3) is 0 Å². The van der Waals surface area contributed by atoms with E-state index in [1.54, 1.807) is 18.4 Å². The largest absolute Gasteiger partial charge is 0.461 e. The molecule has 0 saturated carbocycles. The monoisotopic (exact) mass is 346 g/mol. The van der Waals surface area contributed by atoms with Crippen LogP contribution < -0.4 is 4.90 Å². The van der Waals surface area contributed by atoms with Gasteiger partial charge >= 0.3 is 12.1 Å². The van der Waals surface area contributed by atoms with Crippen molar-refractivity contribution in [3.63, 3.8) is 0 Å². The SMILES string of the molecule is C=CCN(C(=O)OCc1ccccc1)c1nc(C(=O)OCC)cs1. The van der Waals surface area contributed by atoms with Crippen molar-refractivity contribution >= 4 is 28.5 Å². The molecule has 24 heavy (non-hydrogen) atoms. The number of ether oxygens (including phenoxy) is 2. The van der Waals surface area contributed by atoms with Crippen LogP contribution >= 0.6 is 11.3 Å². The topological polar surface area (TPSA) is 68.7 Å². The Morgan fingerprint density at radius 3 is 2.71 bits per heavy atom. The summed E-state index contributed by atoms with van der Waals surface area (Å²) in [5.74, 6) is -0.517. The van der Waals surface area contributed by atoms with E-state index in [4.69, 9.17) is 9.47 Å². The highest BCUT2D eigenvalue weighted by Crippen LogP contribution is 2.22. The van der Waals surface area contributed by atoms with E-state index in [9.17, 15) is 9.59 Å². The summed E-state index contributed by atoms with van der Waals surface area (Å²) in [6.07, 6.45) is 1.01. The van der Waals surface area contributed by atoms with Gasteiger partial charge in [-0.1, -0.05) is 36.4 Å². The molecule has 1 aromatic carbocycles. The zero-order chi connectivity index (χ0) is 17.4. The minimum atomic E-state index is -0.552. The molecule has 0 fully saturated rings. The number of nitrogens with zero attached hydrogens (tertiary/aromatic N) is 2. The number of amides is 1. The lowest BCUT2D eigenvalue weighted by Gasteiger charge is -2.17. The van der Waals surface area contributed by atoms with Crippen molar-refractivity contribution in [1.29, 1.82) is 0 Å². The first kappa shape index (κ1) is 17.7.